The van der Waals surface area contributed by atoms with Gasteiger partial charge in [0.05, 0.1) is 0 Å². The molecule has 0 aliphatic carbocycles. The zero-order valence-corrected chi connectivity index (χ0v) is 7.14. The highest BCUT2D eigenvalue weighted by molar-refractivity contribution is 7.86. The van der Waals surface area contributed by atoms with Crippen molar-refractivity contribution in [1.29, 1.82) is 5.39 Å². The van der Waals surface area contributed by atoms with Crippen LogP contribution in [0, 0.1) is 5.39 Å². The zero-order chi connectivity index (χ0) is 9.19. The van der Waals surface area contributed by atoms with E-state index in [4.69, 9.17) is 9.95 Å². The average molecular weight is 202 g/mol. The van der Waals surface area contributed by atoms with Crippen molar-refractivity contribution in [3.05, 3.63) is 29.2 Å². The van der Waals surface area contributed by atoms with Crippen molar-refractivity contribution in [2.45, 2.75) is 4.90 Å². The molecule has 0 heterocycles. The van der Waals surface area contributed by atoms with Crippen molar-refractivity contribution in [3.63, 3.8) is 0 Å². The summed E-state index contributed by atoms with van der Waals surface area (Å²) in [6.45, 7) is 0. The van der Waals surface area contributed by atoms with E-state index < -0.39 is 15.0 Å². The highest BCUT2D eigenvalue weighted by atomic mass is 32.2. The molecule has 0 fully saturated rings. The second kappa shape index (κ2) is 3.95. The van der Waals surface area contributed by atoms with E-state index in [1.807, 2.05) is 0 Å². The standard InChI is InChI=1S/C6H4N2O3S.H2O/c7-8-5-3-1-2-4-6(5)12(9,10)11;/h1-4H;1H2. The third kappa shape index (κ3) is 2.48. The van der Waals surface area contributed by atoms with E-state index in [1.165, 1.54) is 18.2 Å². The number of nitrogens with zero attached hydrogens (tertiary/aromatic N) is 2. The lowest BCUT2D eigenvalue weighted by molar-refractivity contribution is 0.483. The van der Waals surface area contributed by atoms with Crippen LogP contribution in [0.3, 0.4) is 0 Å². The van der Waals surface area contributed by atoms with Crippen LogP contribution in [0.25, 0.3) is 4.98 Å². The molecule has 1 aromatic rings. The third-order valence-electron chi connectivity index (χ3n) is 1.25. The van der Waals surface area contributed by atoms with Gasteiger partial charge in [0.2, 0.25) is 5.39 Å². The Morgan fingerprint density at radius 1 is 1.31 bits per heavy atom. The number of benzene rings is 1. The first-order valence-corrected chi connectivity index (χ1v) is 4.41. The minimum absolute atomic E-state index is 0. The van der Waals surface area contributed by atoms with E-state index in [-0.39, 0.29) is 11.2 Å². The molecule has 0 aliphatic rings. The summed E-state index contributed by atoms with van der Waals surface area (Å²) in [5.74, 6) is 0. The molecule has 0 saturated heterocycles. The van der Waals surface area contributed by atoms with Crippen LogP contribution in [0.5, 0.6) is 0 Å². The van der Waals surface area contributed by atoms with Gasteiger partial charge in [-0.2, -0.15) is 8.42 Å². The quantitative estimate of drug-likeness (QED) is 0.543. The number of hydrogen-bond donors (Lipinski definition) is 1. The molecule has 0 aromatic heterocycles. The number of hydrogen-bond acceptors (Lipinski definition) is 4. The van der Waals surface area contributed by atoms with Gasteiger partial charge < -0.3 is 5.48 Å². The predicted molar refractivity (Wildman–Crippen MR) is 42.9 cm³/mol. The highest BCUT2D eigenvalue weighted by Crippen LogP contribution is 2.22. The van der Waals surface area contributed by atoms with Crippen LogP contribution >= 0.6 is 0 Å². The Hall–Kier alpha value is -1.49. The Bertz CT molecular complexity index is 434. The summed E-state index contributed by atoms with van der Waals surface area (Å²) in [5.41, 5.74) is -0.181. The molecule has 0 spiro atoms. The minimum atomic E-state index is -4.30. The fourth-order valence-corrected chi connectivity index (χ4v) is 1.38. The molecule has 0 bridgehead atoms. The fourth-order valence-electron chi connectivity index (χ4n) is 0.758. The van der Waals surface area contributed by atoms with Crippen molar-refractivity contribution in [2.75, 3.05) is 0 Å². The summed E-state index contributed by atoms with van der Waals surface area (Å²) in [7, 11) is -4.30. The minimum Gasteiger partial charge on any atom is -0.870 e. The van der Waals surface area contributed by atoms with E-state index in [2.05, 4.69) is 4.98 Å². The largest absolute Gasteiger partial charge is 0.870 e. The Labute approximate surface area is 74.5 Å². The molecular weight excluding hydrogens is 196 g/mol. The van der Waals surface area contributed by atoms with E-state index in [1.54, 1.807) is 0 Å². The van der Waals surface area contributed by atoms with E-state index in [0.29, 0.717) is 0 Å². The topological polar surface area (TPSA) is 113 Å². The zero-order valence-electron chi connectivity index (χ0n) is 6.32. The van der Waals surface area contributed by atoms with Crippen molar-refractivity contribution in [3.8, 4) is 0 Å². The van der Waals surface area contributed by atoms with Crippen LogP contribution in [0.1, 0.15) is 0 Å². The molecular formula is C6H6N2O4S. The second-order valence-corrected chi connectivity index (χ2v) is 3.43. The molecule has 0 aliphatic heterocycles. The Balaban J connectivity index is 0.00000144. The first kappa shape index (κ1) is 11.5. The summed E-state index contributed by atoms with van der Waals surface area (Å²) in [4.78, 5) is 2.29. The molecule has 6 nitrogen and oxygen atoms in total. The van der Waals surface area contributed by atoms with Gasteiger partial charge in [-0.3, -0.25) is 4.55 Å². The van der Waals surface area contributed by atoms with Crippen LogP contribution in [-0.4, -0.2) is 18.4 Å². The van der Waals surface area contributed by atoms with Gasteiger partial charge in [-0.15, -0.1) is 0 Å². The molecule has 1 aromatic carbocycles. The lowest BCUT2D eigenvalue weighted by Crippen LogP contribution is -1.97. The van der Waals surface area contributed by atoms with Crippen LogP contribution in [-0.2, 0) is 10.1 Å². The lowest BCUT2D eigenvalue weighted by Gasteiger charge is -1.89. The summed E-state index contributed by atoms with van der Waals surface area (Å²) < 4.78 is 29.8. The van der Waals surface area contributed by atoms with Crippen LogP contribution in [0.2, 0.25) is 0 Å². The van der Waals surface area contributed by atoms with Gasteiger partial charge in [-0.25, -0.2) is 0 Å². The van der Waals surface area contributed by atoms with Gasteiger partial charge in [0, 0.05) is 6.07 Å². The van der Waals surface area contributed by atoms with Crippen LogP contribution < -0.4 is 0 Å². The van der Waals surface area contributed by atoms with Crippen molar-refractivity contribution in [2.24, 2.45) is 0 Å². The van der Waals surface area contributed by atoms with E-state index >= 15 is 0 Å². The molecule has 0 atom stereocenters. The SMILES string of the molecule is N#[N+]c1ccccc1S(=O)(=O)O.[OH-]. The molecule has 13 heavy (non-hydrogen) atoms. The van der Waals surface area contributed by atoms with Crippen LogP contribution in [0.15, 0.2) is 29.2 Å². The molecule has 7 heteroatoms. The second-order valence-electron chi connectivity index (χ2n) is 2.04. The predicted octanol–water partition coefficient (Wildman–Crippen LogP) is 1.24. The molecule has 0 radical (unpaired) electrons. The van der Waals surface area contributed by atoms with Crippen molar-refractivity contribution >= 4 is 15.8 Å². The molecule has 70 valence electrons. The smallest absolute Gasteiger partial charge is 0.405 e. The summed E-state index contributed by atoms with van der Waals surface area (Å²) in [5, 5.41) is 8.33. The maximum atomic E-state index is 10.6. The molecule has 1 rings (SSSR count). The highest BCUT2D eigenvalue weighted by Gasteiger charge is 2.22. The van der Waals surface area contributed by atoms with E-state index in [9.17, 15) is 8.42 Å². The normalized spacial score (nSPS) is 9.85. The Morgan fingerprint density at radius 3 is 2.23 bits per heavy atom. The summed E-state index contributed by atoms with van der Waals surface area (Å²) in [6, 6.07) is 5.31. The molecule has 0 unspecified atom stereocenters. The van der Waals surface area contributed by atoms with Crippen molar-refractivity contribution in [1.82, 2.24) is 0 Å². The maximum absolute atomic E-state index is 10.6. The average Bonchev–Trinajstić information content (AvgIpc) is 2.03. The fraction of sp³-hybridized carbons (Fsp3) is 0. The maximum Gasteiger partial charge on any atom is 0.405 e. The van der Waals surface area contributed by atoms with E-state index in [0.717, 1.165) is 6.07 Å². The summed E-state index contributed by atoms with van der Waals surface area (Å²) >= 11 is 0. The summed E-state index contributed by atoms with van der Waals surface area (Å²) in [6.07, 6.45) is 0. The molecule has 0 amide bonds. The van der Waals surface area contributed by atoms with Crippen molar-refractivity contribution < 1.29 is 18.4 Å². The lowest BCUT2D eigenvalue weighted by atomic mass is 10.3. The first-order chi connectivity index (χ1) is 5.55. The first-order valence-electron chi connectivity index (χ1n) is 2.97. The Kier molecular flexibility index (Phi) is 3.50. The third-order valence-corrected chi connectivity index (χ3v) is 2.15. The van der Waals surface area contributed by atoms with Crippen LogP contribution in [0.4, 0.5) is 5.69 Å². The number of diazo groups is 1. The van der Waals surface area contributed by atoms with Gasteiger partial charge in [-0.1, -0.05) is 12.1 Å². The number of rotatable bonds is 1. The van der Waals surface area contributed by atoms with Gasteiger partial charge in [0.1, 0.15) is 0 Å². The Morgan fingerprint density at radius 2 is 1.85 bits per heavy atom. The van der Waals surface area contributed by atoms with Gasteiger partial charge in [0.25, 0.3) is 0 Å². The van der Waals surface area contributed by atoms with Gasteiger partial charge in [-0.05, 0) is 6.07 Å². The molecule has 2 N–H and O–H groups in total. The molecule has 0 saturated carbocycles. The van der Waals surface area contributed by atoms with Gasteiger partial charge in [0.15, 0.2) is 9.87 Å². The monoisotopic (exact) mass is 202 g/mol. The van der Waals surface area contributed by atoms with Gasteiger partial charge >= 0.3 is 15.8 Å².